The molecule has 0 aliphatic carbocycles. The molecule has 2 aromatic heterocycles. The van der Waals surface area contributed by atoms with E-state index >= 15 is 0 Å². The summed E-state index contributed by atoms with van der Waals surface area (Å²) in [6.07, 6.45) is -3.18. The summed E-state index contributed by atoms with van der Waals surface area (Å²) in [4.78, 5) is 38.6. The fourth-order valence-electron chi connectivity index (χ4n) is 2.58. The Morgan fingerprint density at radius 3 is 2.77 bits per heavy atom. The van der Waals surface area contributed by atoms with Crippen molar-refractivity contribution in [2.45, 2.75) is 24.5 Å². The highest BCUT2D eigenvalue weighted by Crippen LogP contribution is 2.44. The number of phosphoric acid groups is 1. The molecular weight excluding hydrogens is 396 g/mol. The molecule has 0 saturated carbocycles. The van der Waals surface area contributed by atoms with Gasteiger partial charge in [0.25, 0.3) is 0 Å². The summed E-state index contributed by atoms with van der Waals surface area (Å²) in [6, 6.07) is 0. The van der Waals surface area contributed by atoms with E-state index in [0.717, 1.165) is 0 Å². The summed E-state index contributed by atoms with van der Waals surface area (Å²) < 4.78 is 37.8. The van der Waals surface area contributed by atoms with Crippen molar-refractivity contribution in [3.05, 3.63) is 12.7 Å². The van der Waals surface area contributed by atoms with Crippen LogP contribution in [0, 0.1) is 0 Å². The molecule has 0 bridgehead atoms. The van der Waals surface area contributed by atoms with Gasteiger partial charge in [-0.3, -0.25) is 13.7 Å². The van der Waals surface area contributed by atoms with Gasteiger partial charge in [-0.2, -0.15) is 0 Å². The number of phosphoric ester groups is 1. The van der Waals surface area contributed by atoms with Crippen molar-refractivity contribution in [3.63, 3.8) is 0 Å². The largest absolute Gasteiger partial charge is 0.470 e. The molecule has 3 heterocycles. The van der Waals surface area contributed by atoms with Crippen LogP contribution in [0.15, 0.2) is 12.7 Å². The highest BCUT2D eigenvalue weighted by molar-refractivity contribution is 7.46. The van der Waals surface area contributed by atoms with Crippen LogP contribution in [0.25, 0.3) is 11.2 Å². The zero-order valence-electron chi connectivity index (χ0n) is 12.8. The number of imidazole rings is 1. The average molecular weight is 411 g/mol. The lowest BCUT2D eigenvalue weighted by atomic mass is 10.1. The Balaban J connectivity index is 1.93. The lowest BCUT2D eigenvalue weighted by Crippen LogP contribution is -2.35. The molecule has 1 aliphatic rings. The maximum atomic E-state index is 11.2. The Morgan fingerprint density at radius 1 is 1.38 bits per heavy atom. The lowest BCUT2D eigenvalue weighted by molar-refractivity contribution is -0.0475. The number of fused-ring (bicyclic) bond motifs is 1. The first-order valence-electron chi connectivity index (χ1n) is 7.03. The molecule has 26 heavy (non-hydrogen) atoms. The van der Waals surface area contributed by atoms with Crippen LogP contribution >= 0.6 is 16.1 Å². The van der Waals surface area contributed by atoms with Crippen molar-refractivity contribution in [2.24, 2.45) is 0 Å². The fourth-order valence-corrected chi connectivity index (χ4v) is 3.47. The summed E-state index contributed by atoms with van der Waals surface area (Å²) in [6.45, 7) is -0.545. The molecule has 1 aliphatic heterocycles. The van der Waals surface area contributed by atoms with E-state index in [2.05, 4.69) is 24.0 Å². The average Bonchev–Trinajstić information content (AvgIpc) is 3.08. The van der Waals surface area contributed by atoms with Crippen LogP contribution in [0.5, 0.6) is 0 Å². The summed E-state index contributed by atoms with van der Waals surface area (Å²) in [7, 11) is -8.33. The molecule has 14 nitrogen and oxygen atoms in total. The molecule has 16 heteroatoms. The van der Waals surface area contributed by atoms with Crippen molar-refractivity contribution in [2.75, 3.05) is 12.3 Å². The van der Waals surface area contributed by atoms with E-state index in [4.69, 9.17) is 25.2 Å². The van der Waals surface area contributed by atoms with Crippen molar-refractivity contribution in [3.8, 4) is 0 Å². The number of hydrogen-bond acceptors (Lipinski definition) is 10. The number of aliphatic hydroxyl groups excluding tert-OH is 1. The van der Waals surface area contributed by atoms with Gasteiger partial charge in [0, 0.05) is 0 Å². The number of aromatic nitrogens is 4. The molecular formula is C10H15N5O9P2. The van der Waals surface area contributed by atoms with E-state index in [1.807, 2.05) is 0 Å². The van der Waals surface area contributed by atoms with Gasteiger partial charge < -0.3 is 34.8 Å². The van der Waals surface area contributed by atoms with E-state index in [9.17, 15) is 14.2 Å². The molecule has 0 radical (unpaired) electrons. The minimum atomic E-state index is -4.99. The number of hydrogen-bond donors (Lipinski definition) is 5. The molecule has 144 valence electrons. The maximum absolute atomic E-state index is 11.2. The Bertz CT molecular complexity index is 872. The van der Waals surface area contributed by atoms with Crippen LogP contribution in [0.1, 0.15) is 6.23 Å². The first-order chi connectivity index (χ1) is 12.2. The van der Waals surface area contributed by atoms with Crippen LogP contribution < -0.4 is 5.73 Å². The topological polar surface area (TPSA) is 212 Å². The van der Waals surface area contributed by atoms with Gasteiger partial charge in [0.05, 0.1) is 12.9 Å². The molecule has 3 rings (SSSR count). The summed E-state index contributed by atoms with van der Waals surface area (Å²) >= 11 is 0. The third-order valence-electron chi connectivity index (χ3n) is 3.60. The van der Waals surface area contributed by atoms with Crippen LogP contribution in [-0.4, -0.2) is 64.2 Å². The summed E-state index contributed by atoms with van der Waals surface area (Å²) in [5.74, 6) is 0.0861. The lowest BCUT2D eigenvalue weighted by Gasteiger charge is -2.20. The van der Waals surface area contributed by atoms with Gasteiger partial charge in [-0.25, -0.2) is 19.5 Å². The molecule has 1 fully saturated rings. The third-order valence-corrected chi connectivity index (χ3v) is 4.53. The minimum Gasteiger partial charge on any atom is -0.386 e. The molecule has 0 amide bonds. The van der Waals surface area contributed by atoms with Gasteiger partial charge in [-0.15, -0.1) is 0 Å². The van der Waals surface area contributed by atoms with E-state index in [1.54, 1.807) is 0 Å². The highest BCUT2D eigenvalue weighted by atomic mass is 31.2. The Labute approximate surface area is 145 Å². The van der Waals surface area contributed by atoms with Gasteiger partial charge >= 0.3 is 16.1 Å². The summed E-state index contributed by atoms with van der Waals surface area (Å²) in [5, 5.41) is 10.4. The monoisotopic (exact) mass is 411 g/mol. The van der Waals surface area contributed by atoms with E-state index in [1.165, 1.54) is 17.2 Å². The number of ether oxygens (including phenoxy) is 1. The molecule has 1 saturated heterocycles. The predicted octanol–water partition coefficient (Wildman–Crippen LogP) is -1.46. The Hall–Kier alpha value is -1.47. The third kappa shape index (κ3) is 3.93. The molecule has 0 aromatic carbocycles. The van der Waals surface area contributed by atoms with Gasteiger partial charge in [-0.1, -0.05) is 0 Å². The van der Waals surface area contributed by atoms with E-state index < -0.39 is 47.2 Å². The van der Waals surface area contributed by atoms with Crippen molar-refractivity contribution in [1.29, 1.82) is 0 Å². The van der Waals surface area contributed by atoms with Crippen molar-refractivity contribution in [1.82, 2.24) is 19.5 Å². The first kappa shape index (κ1) is 19.3. The Morgan fingerprint density at radius 2 is 2.12 bits per heavy atom. The van der Waals surface area contributed by atoms with Gasteiger partial charge in [-0.05, 0) is 0 Å². The van der Waals surface area contributed by atoms with Crippen LogP contribution in [0.2, 0.25) is 0 Å². The van der Waals surface area contributed by atoms with Gasteiger partial charge in [0.1, 0.15) is 30.2 Å². The summed E-state index contributed by atoms with van der Waals surface area (Å²) in [5.41, 5.74) is 6.12. The number of nitrogens with two attached hydrogens (primary N) is 1. The van der Waals surface area contributed by atoms with Crippen LogP contribution in [-0.2, 0) is 22.9 Å². The molecule has 5 atom stereocenters. The van der Waals surface area contributed by atoms with Crippen LogP contribution in [0.3, 0.4) is 0 Å². The van der Waals surface area contributed by atoms with E-state index in [0.29, 0.717) is 0 Å². The van der Waals surface area contributed by atoms with Crippen molar-refractivity contribution < 1.29 is 42.7 Å². The first-order valence-corrected chi connectivity index (χ1v) is 9.83. The fraction of sp³-hybridized carbons (Fsp3) is 0.500. The molecule has 0 spiro atoms. The smallest absolute Gasteiger partial charge is 0.386 e. The minimum absolute atomic E-state index is 0.0861. The normalized spacial score (nSPS) is 27.8. The zero-order valence-corrected chi connectivity index (χ0v) is 14.7. The quantitative estimate of drug-likeness (QED) is 0.344. The van der Waals surface area contributed by atoms with Gasteiger partial charge in [0.2, 0.25) is 0 Å². The number of nitrogen functional groups attached to an aromatic ring is 1. The van der Waals surface area contributed by atoms with Crippen molar-refractivity contribution >= 4 is 33.1 Å². The predicted molar refractivity (Wildman–Crippen MR) is 83.7 cm³/mol. The highest BCUT2D eigenvalue weighted by Gasteiger charge is 2.49. The number of rotatable bonds is 6. The standard InChI is InChI=1S/C10H15N5O9P2/c11-8-5-9(13-2-12-8)15(3-14-5)10-6(16)7(24-26(19,20)21)4(23-10)1-22-25(17)18/h2-4,6-7,10,16,25H,1H2,(H,17,18)(H2,11,12,13)(H2,19,20,21). The number of aliphatic hydroxyl groups is 1. The maximum Gasteiger partial charge on any atom is 0.470 e. The van der Waals surface area contributed by atoms with Crippen LogP contribution in [0.4, 0.5) is 5.82 Å². The second-order valence-electron chi connectivity index (χ2n) is 5.28. The van der Waals surface area contributed by atoms with E-state index in [-0.39, 0.29) is 17.0 Å². The Kier molecular flexibility index (Phi) is 5.40. The zero-order chi connectivity index (χ0) is 19.1. The second kappa shape index (κ2) is 7.27. The SMILES string of the molecule is Nc1ncnc2c1ncn2C1OC(CO[PH](=O)O)C(OP(=O)(O)O)C1O. The molecule has 5 unspecified atom stereocenters. The number of anilines is 1. The molecule has 2 aromatic rings. The molecule has 6 N–H and O–H groups in total. The second-order valence-corrected chi connectivity index (χ2v) is 7.29. The number of nitrogens with zero attached hydrogens (tertiary/aromatic N) is 4. The van der Waals surface area contributed by atoms with Gasteiger partial charge in [0.15, 0.2) is 17.7 Å².